The standard InChI is InChI=1S/C20H28N4O4S/c1-3-18(29)21-13-17-14-24(20(26)28-17)16-7-5-15(6-8-16)22-9-11-23(12-10-22)19(25)27-4-2/h5-8,17H,3-4,9-14H2,1-2H3,(H,21,29)/t17-/m0/s1. The lowest BCUT2D eigenvalue weighted by Crippen LogP contribution is -2.49. The lowest BCUT2D eigenvalue weighted by atomic mass is 10.2. The third-order valence-corrected chi connectivity index (χ3v) is 5.49. The van der Waals surface area contributed by atoms with Gasteiger partial charge in [0, 0.05) is 37.6 Å². The summed E-state index contributed by atoms with van der Waals surface area (Å²) in [6.07, 6.45) is -0.0358. The first-order valence-corrected chi connectivity index (χ1v) is 10.4. The molecule has 8 nitrogen and oxygen atoms in total. The molecule has 1 aromatic rings. The Morgan fingerprint density at radius 2 is 1.83 bits per heavy atom. The van der Waals surface area contributed by atoms with E-state index in [2.05, 4.69) is 10.2 Å². The Hall–Kier alpha value is -2.55. The van der Waals surface area contributed by atoms with E-state index in [4.69, 9.17) is 21.7 Å². The molecule has 1 atom stereocenters. The number of carbonyl (C=O) groups excluding carboxylic acids is 2. The number of benzene rings is 1. The highest BCUT2D eigenvalue weighted by atomic mass is 32.1. The molecule has 2 aliphatic heterocycles. The third kappa shape index (κ3) is 5.29. The highest BCUT2D eigenvalue weighted by molar-refractivity contribution is 7.80. The summed E-state index contributed by atoms with van der Waals surface area (Å²) in [5.74, 6) is 0. The predicted octanol–water partition coefficient (Wildman–Crippen LogP) is 2.62. The van der Waals surface area contributed by atoms with Gasteiger partial charge in [0.15, 0.2) is 0 Å². The number of hydrogen-bond acceptors (Lipinski definition) is 6. The van der Waals surface area contributed by atoms with Crippen molar-refractivity contribution in [1.29, 1.82) is 0 Å². The second-order valence-electron chi connectivity index (χ2n) is 6.96. The van der Waals surface area contributed by atoms with Crippen molar-refractivity contribution in [2.75, 3.05) is 55.7 Å². The normalized spacial score (nSPS) is 19.2. The molecular formula is C20H28N4O4S. The summed E-state index contributed by atoms with van der Waals surface area (Å²) >= 11 is 5.15. The van der Waals surface area contributed by atoms with Crippen LogP contribution in [0.2, 0.25) is 0 Å². The molecule has 0 bridgehead atoms. The van der Waals surface area contributed by atoms with Crippen molar-refractivity contribution in [1.82, 2.24) is 10.2 Å². The van der Waals surface area contributed by atoms with Gasteiger partial charge in [-0.1, -0.05) is 19.1 Å². The van der Waals surface area contributed by atoms with Crippen molar-refractivity contribution >= 4 is 40.8 Å². The van der Waals surface area contributed by atoms with Gasteiger partial charge < -0.3 is 24.6 Å². The zero-order chi connectivity index (χ0) is 20.8. The zero-order valence-electron chi connectivity index (χ0n) is 16.9. The highest BCUT2D eigenvalue weighted by Crippen LogP contribution is 2.25. The Morgan fingerprint density at radius 1 is 1.17 bits per heavy atom. The number of nitrogens with one attached hydrogen (secondary N) is 1. The monoisotopic (exact) mass is 420 g/mol. The number of piperazine rings is 1. The largest absolute Gasteiger partial charge is 0.450 e. The molecule has 0 aliphatic carbocycles. The van der Waals surface area contributed by atoms with E-state index in [1.54, 1.807) is 9.80 Å². The summed E-state index contributed by atoms with van der Waals surface area (Å²) in [4.78, 5) is 30.4. The number of nitrogens with zero attached hydrogens (tertiary/aromatic N) is 3. The zero-order valence-corrected chi connectivity index (χ0v) is 17.7. The van der Waals surface area contributed by atoms with Crippen LogP contribution >= 0.6 is 12.2 Å². The van der Waals surface area contributed by atoms with Crippen molar-refractivity contribution in [3.63, 3.8) is 0 Å². The highest BCUT2D eigenvalue weighted by Gasteiger charge is 2.32. The van der Waals surface area contributed by atoms with Gasteiger partial charge in [-0.2, -0.15) is 0 Å². The lowest BCUT2D eigenvalue weighted by Gasteiger charge is -2.35. The number of hydrogen-bond donors (Lipinski definition) is 1. The number of anilines is 2. The van der Waals surface area contributed by atoms with Crippen LogP contribution in [-0.4, -0.2) is 74.1 Å². The van der Waals surface area contributed by atoms with Crippen molar-refractivity contribution in [2.45, 2.75) is 26.4 Å². The van der Waals surface area contributed by atoms with Gasteiger partial charge in [-0.05, 0) is 37.6 Å². The summed E-state index contributed by atoms with van der Waals surface area (Å²) in [6, 6.07) is 7.86. The number of amides is 2. The van der Waals surface area contributed by atoms with Gasteiger partial charge in [0.05, 0.1) is 24.7 Å². The van der Waals surface area contributed by atoms with E-state index in [1.807, 2.05) is 38.1 Å². The van der Waals surface area contributed by atoms with Gasteiger partial charge in [0.2, 0.25) is 0 Å². The fraction of sp³-hybridized carbons (Fsp3) is 0.550. The van der Waals surface area contributed by atoms with Crippen molar-refractivity contribution < 1.29 is 19.1 Å². The Balaban J connectivity index is 1.53. The molecule has 29 heavy (non-hydrogen) atoms. The van der Waals surface area contributed by atoms with Crippen LogP contribution in [0.25, 0.3) is 0 Å². The second-order valence-corrected chi connectivity index (χ2v) is 7.46. The van der Waals surface area contributed by atoms with Crippen molar-refractivity contribution in [3.8, 4) is 0 Å². The third-order valence-electron chi connectivity index (χ3n) is 5.05. The van der Waals surface area contributed by atoms with E-state index in [0.29, 0.717) is 32.8 Å². The topological polar surface area (TPSA) is 74.3 Å². The van der Waals surface area contributed by atoms with Crippen LogP contribution in [0, 0.1) is 0 Å². The van der Waals surface area contributed by atoms with Crippen molar-refractivity contribution in [3.05, 3.63) is 24.3 Å². The van der Waals surface area contributed by atoms with E-state index in [1.165, 1.54) is 0 Å². The van der Waals surface area contributed by atoms with E-state index in [9.17, 15) is 9.59 Å². The minimum absolute atomic E-state index is 0.220. The van der Waals surface area contributed by atoms with Gasteiger partial charge in [0.1, 0.15) is 6.10 Å². The fourth-order valence-electron chi connectivity index (χ4n) is 3.40. The van der Waals surface area contributed by atoms with E-state index >= 15 is 0 Å². The Bertz CT molecular complexity index is 735. The summed E-state index contributed by atoms with van der Waals surface area (Å²) in [5.41, 5.74) is 1.88. The molecule has 0 aromatic heterocycles. The molecule has 0 spiro atoms. The summed E-state index contributed by atoms with van der Waals surface area (Å²) in [5, 5.41) is 3.12. The van der Waals surface area contributed by atoms with Crippen LogP contribution in [0.15, 0.2) is 24.3 Å². The van der Waals surface area contributed by atoms with Gasteiger partial charge in [-0.25, -0.2) is 9.59 Å². The molecule has 0 unspecified atom stereocenters. The number of ether oxygens (including phenoxy) is 2. The maximum Gasteiger partial charge on any atom is 0.414 e. The number of cyclic esters (lactones) is 1. The van der Waals surface area contributed by atoms with E-state index in [0.717, 1.165) is 35.9 Å². The minimum atomic E-state index is -0.338. The Labute approximate surface area is 176 Å². The minimum Gasteiger partial charge on any atom is -0.450 e. The quantitative estimate of drug-likeness (QED) is 0.709. The number of rotatable bonds is 6. The average molecular weight is 421 g/mol. The molecule has 1 N–H and O–H groups in total. The fourth-order valence-corrected chi connectivity index (χ4v) is 3.48. The Kier molecular flexibility index (Phi) is 7.13. The second kappa shape index (κ2) is 9.78. The first kappa shape index (κ1) is 21.2. The summed E-state index contributed by atoms with van der Waals surface area (Å²) in [6.45, 7) is 7.96. The maximum absolute atomic E-state index is 12.2. The maximum atomic E-state index is 12.2. The van der Waals surface area contributed by atoms with Crippen LogP contribution in [0.4, 0.5) is 21.0 Å². The smallest absolute Gasteiger partial charge is 0.414 e. The van der Waals surface area contributed by atoms with Crippen LogP contribution in [0.1, 0.15) is 20.3 Å². The van der Waals surface area contributed by atoms with Crippen LogP contribution < -0.4 is 15.1 Å². The SMILES string of the molecule is CCOC(=O)N1CCN(c2ccc(N3C[C@H](CNC(=S)CC)OC3=O)cc2)CC1. The van der Waals surface area contributed by atoms with Crippen LogP contribution in [0.5, 0.6) is 0 Å². The molecule has 158 valence electrons. The molecule has 2 heterocycles. The molecule has 9 heteroatoms. The summed E-state index contributed by atoms with van der Waals surface area (Å²) < 4.78 is 10.5. The molecule has 0 saturated carbocycles. The van der Waals surface area contributed by atoms with Crippen LogP contribution in [-0.2, 0) is 9.47 Å². The molecule has 2 fully saturated rings. The molecule has 3 rings (SSSR count). The van der Waals surface area contributed by atoms with Gasteiger partial charge in [-0.15, -0.1) is 0 Å². The van der Waals surface area contributed by atoms with Gasteiger partial charge >= 0.3 is 12.2 Å². The molecule has 0 radical (unpaired) electrons. The van der Waals surface area contributed by atoms with Crippen molar-refractivity contribution in [2.24, 2.45) is 0 Å². The van der Waals surface area contributed by atoms with E-state index < -0.39 is 0 Å². The van der Waals surface area contributed by atoms with Gasteiger partial charge in [-0.3, -0.25) is 4.90 Å². The molecule has 1 aromatic carbocycles. The molecular weight excluding hydrogens is 392 g/mol. The van der Waals surface area contributed by atoms with E-state index in [-0.39, 0.29) is 18.3 Å². The average Bonchev–Trinajstić information content (AvgIpc) is 3.13. The first-order chi connectivity index (χ1) is 14.0. The molecule has 2 aliphatic rings. The number of thiocarbonyl (C=S) groups is 1. The number of carbonyl (C=O) groups is 2. The first-order valence-electron chi connectivity index (χ1n) is 10.0. The molecule has 2 amide bonds. The van der Waals surface area contributed by atoms with Crippen LogP contribution in [0.3, 0.4) is 0 Å². The molecule has 2 saturated heterocycles. The lowest BCUT2D eigenvalue weighted by molar-refractivity contribution is 0.105. The van der Waals surface area contributed by atoms with Gasteiger partial charge in [0.25, 0.3) is 0 Å². The predicted molar refractivity (Wildman–Crippen MR) is 116 cm³/mol. The Morgan fingerprint density at radius 3 is 2.45 bits per heavy atom. The summed E-state index contributed by atoms with van der Waals surface area (Å²) in [7, 11) is 0.